The summed E-state index contributed by atoms with van der Waals surface area (Å²) in [5, 5.41) is 0. The van der Waals surface area contributed by atoms with E-state index in [0.29, 0.717) is 39.3 Å². The zero-order chi connectivity index (χ0) is 19.5. The summed E-state index contributed by atoms with van der Waals surface area (Å²) in [4.78, 5) is 28.2. The molecule has 0 spiro atoms. The Morgan fingerprint density at radius 2 is 1.68 bits per heavy atom. The summed E-state index contributed by atoms with van der Waals surface area (Å²) < 4.78 is 23.8. The Bertz CT molecular complexity index is 865. The predicted octanol–water partition coefficient (Wildman–Crippen LogP) is 3.36. The molecule has 4 rings (SSSR count). The van der Waals surface area contributed by atoms with Crippen molar-refractivity contribution in [2.24, 2.45) is 0 Å². The molecule has 1 atom stereocenters. The molecule has 2 aromatic carbocycles. The minimum absolute atomic E-state index is 0.343. The van der Waals surface area contributed by atoms with E-state index in [2.05, 4.69) is 0 Å². The Kier molecular flexibility index (Phi) is 5.25. The maximum atomic E-state index is 13.4. The summed E-state index contributed by atoms with van der Waals surface area (Å²) in [6.45, 7) is 2.07. The van der Waals surface area contributed by atoms with Crippen LogP contribution in [-0.4, -0.2) is 54.8 Å². The molecular weight excluding hydrogens is 363 g/mol. The van der Waals surface area contributed by atoms with Crippen molar-refractivity contribution in [2.45, 2.75) is 12.5 Å². The fourth-order valence-corrected chi connectivity index (χ4v) is 3.71. The third-order valence-electron chi connectivity index (χ3n) is 5.15. The monoisotopic (exact) mass is 384 g/mol. The van der Waals surface area contributed by atoms with E-state index in [-0.39, 0.29) is 5.82 Å². The molecule has 6 nitrogen and oxygen atoms in total. The average molecular weight is 384 g/mol. The fourth-order valence-electron chi connectivity index (χ4n) is 3.71. The second kappa shape index (κ2) is 7.98. The maximum absolute atomic E-state index is 13.4. The SMILES string of the molecule is O=C(OC(=O)N1CCc2ccccc2[C@@H]1c1ccc(F)cc1)N1CCOCC1. The van der Waals surface area contributed by atoms with Crippen molar-refractivity contribution in [1.82, 2.24) is 9.80 Å². The summed E-state index contributed by atoms with van der Waals surface area (Å²) in [6.07, 6.45) is -0.695. The van der Waals surface area contributed by atoms with Gasteiger partial charge >= 0.3 is 12.2 Å². The van der Waals surface area contributed by atoms with E-state index >= 15 is 0 Å². The summed E-state index contributed by atoms with van der Waals surface area (Å²) in [7, 11) is 0. The minimum Gasteiger partial charge on any atom is -0.378 e. The van der Waals surface area contributed by atoms with Crippen LogP contribution in [0.1, 0.15) is 22.7 Å². The van der Waals surface area contributed by atoms with Gasteiger partial charge in [0, 0.05) is 19.6 Å². The second-order valence-electron chi connectivity index (χ2n) is 6.83. The van der Waals surface area contributed by atoms with Crippen LogP contribution in [0.15, 0.2) is 48.5 Å². The standard InChI is InChI=1S/C21H21FN2O4/c22-17-7-5-16(6-8-17)19-18-4-2-1-3-15(18)9-10-24(19)21(26)28-20(25)23-11-13-27-14-12-23/h1-8,19H,9-14H2/t19-/m0/s1. The molecule has 1 saturated heterocycles. The summed E-state index contributed by atoms with van der Waals surface area (Å²) in [5.74, 6) is -0.343. The fraction of sp³-hybridized carbons (Fsp3) is 0.333. The third kappa shape index (κ3) is 3.71. The van der Waals surface area contributed by atoms with Gasteiger partial charge in [0.15, 0.2) is 0 Å². The molecule has 2 aliphatic rings. The van der Waals surface area contributed by atoms with Gasteiger partial charge in [-0.2, -0.15) is 0 Å². The number of ether oxygens (including phenoxy) is 2. The first-order chi connectivity index (χ1) is 13.6. The zero-order valence-electron chi connectivity index (χ0n) is 15.3. The number of carbonyl (C=O) groups excluding carboxylic acids is 2. The van der Waals surface area contributed by atoms with Crippen molar-refractivity contribution in [1.29, 1.82) is 0 Å². The van der Waals surface area contributed by atoms with Gasteiger partial charge in [-0.3, -0.25) is 4.90 Å². The van der Waals surface area contributed by atoms with Crippen LogP contribution in [0.25, 0.3) is 0 Å². The van der Waals surface area contributed by atoms with Crippen molar-refractivity contribution < 1.29 is 23.5 Å². The first kappa shape index (κ1) is 18.4. The molecule has 7 heteroatoms. The number of nitrogens with zero attached hydrogens (tertiary/aromatic N) is 2. The van der Waals surface area contributed by atoms with Crippen LogP contribution >= 0.6 is 0 Å². The number of hydrogen-bond acceptors (Lipinski definition) is 4. The highest BCUT2D eigenvalue weighted by Gasteiger charge is 2.34. The van der Waals surface area contributed by atoms with Gasteiger partial charge in [-0.25, -0.2) is 14.0 Å². The Morgan fingerprint density at radius 3 is 2.43 bits per heavy atom. The van der Waals surface area contributed by atoms with E-state index in [1.165, 1.54) is 21.9 Å². The van der Waals surface area contributed by atoms with Crippen molar-refractivity contribution in [3.8, 4) is 0 Å². The molecule has 0 bridgehead atoms. The summed E-state index contributed by atoms with van der Waals surface area (Å²) in [5.41, 5.74) is 2.85. The maximum Gasteiger partial charge on any atom is 0.419 e. The van der Waals surface area contributed by atoms with Gasteiger partial charge in [0.1, 0.15) is 5.82 Å². The Morgan fingerprint density at radius 1 is 0.964 bits per heavy atom. The molecule has 28 heavy (non-hydrogen) atoms. The quantitative estimate of drug-likeness (QED) is 0.708. The lowest BCUT2D eigenvalue weighted by molar-refractivity contribution is 0.0296. The van der Waals surface area contributed by atoms with E-state index in [4.69, 9.17) is 9.47 Å². The highest BCUT2D eigenvalue weighted by molar-refractivity contribution is 5.84. The molecule has 0 saturated carbocycles. The van der Waals surface area contributed by atoms with E-state index in [1.807, 2.05) is 24.3 Å². The minimum atomic E-state index is -0.694. The lowest BCUT2D eigenvalue weighted by atomic mass is 9.88. The molecule has 0 aromatic heterocycles. The van der Waals surface area contributed by atoms with Crippen LogP contribution in [-0.2, 0) is 15.9 Å². The molecule has 0 aliphatic carbocycles. The molecule has 2 amide bonds. The zero-order valence-corrected chi connectivity index (χ0v) is 15.3. The summed E-state index contributed by atoms with van der Waals surface area (Å²) >= 11 is 0. The highest BCUT2D eigenvalue weighted by atomic mass is 19.1. The smallest absolute Gasteiger partial charge is 0.378 e. The lowest BCUT2D eigenvalue weighted by Crippen LogP contribution is -2.46. The van der Waals surface area contributed by atoms with Crippen LogP contribution in [0.5, 0.6) is 0 Å². The number of hydrogen-bond donors (Lipinski definition) is 0. The molecule has 2 heterocycles. The van der Waals surface area contributed by atoms with Crippen molar-refractivity contribution in [3.05, 3.63) is 71.0 Å². The van der Waals surface area contributed by atoms with Crippen molar-refractivity contribution in [3.63, 3.8) is 0 Å². The highest BCUT2D eigenvalue weighted by Crippen LogP contribution is 2.35. The number of morpholine rings is 1. The van der Waals surface area contributed by atoms with Crippen LogP contribution in [0.2, 0.25) is 0 Å². The van der Waals surface area contributed by atoms with Crippen LogP contribution in [0.4, 0.5) is 14.0 Å². The van der Waals surface area contributed by atoms with E-state index in [9.17, 15) is 14.0 Å². The normalized spacial score (nSPS) is 19.1. The molecule has 1 fully saturated rings. The third-order valence-corrected chi connectivity index (χ3v) is 5.15. The van der Waals surface area contributed by atoms with Gasteiger partial charge < -0.3 is 14.4 Å². The average Bonchev–Trinajstić information content (AvgIpc) is 2.74. The van der Waals surface area contributed by atoms with Gasteiger partial charge in [-0.15, -0.1) is 0 Å². The molecule has 0 unspecified atom stereocenters. The number of fused-ring (bicyclic) bond motifs is 1. The molecular formula is C21H21FN2O4. The second-order valence-corrected chi connectivity index (χ2v) is 6.83. The molecule has 2 aliphatic heterocycles. The van der Waals surface area contributed by atoms with Crippen molar-refractivity contribution in [2.75, 3.05) is 32.8 Å². The van der Waals surface area contributed by atoms with Gasteiger partial charge in [-0.05, 0) is 35.2 Å². The Labute approximate surface area is 162 Å². The van der Waals surface area contributed by atoms with Crippen LogP contribution in [0.3, 0.4) is 0 Å². The number of halogens is 1. The first-order valence-corrected chi connectivity index (χ1v) is 9.32. The topological polar surface area (TPSA) is 59.1 Å². The predicted molar refractivity (Wildman–Crippen MR) is 99.4 cm³/mol. The van der Waals surface area contributed by atoms with E-state index in [1.54, 1.807) is 12.1 Å². The van der Waals surface area contributed by atoms with Gasteiger partial charge in [0.05, 0.1) is 19.3 Å². The van der Waals surface area contributed by atoms with E-state index < -0.39 is 18.2 Å². The number of amides is 2. The first-order valence-electron chi connectivity index (χ1n) is 9.32. The van der Waals surface area contributed by atoms with Gasteiger partial charge in [-0.1, -0.05) is 36.4 Å². The molecule has 146 valence electrons. The molecule has 0 radical (unpaired) electrons. The number of rotatable bonds is 1. The molecule has 0 N–H and O–H groups in total. The van der Waals surface area contributed by atoms with Crippen molar-refractivity contribution >= 4 is 12.2 Å². The lowest BCUT2D eigenvalue weighted by Gasteiger charge is -2.37. The van der Waals surface area contributed by atoms with Gasteiger partial charge in [0.2, 0.25) is 0 Å². The Balaban J connectivity index is 1.60. The van der Waals surface area contributed by atoms with E-state index in [0.717, 1.165) is 16.7 Å². The largest absolute Gasteiger partial charge is 0.419 e. The number of benzene rings is 2. The van der Waals surface area contributed by atoms with Crippen LogP contribution in [0, 0.1) is 5.82 Å². The molecule has 2 aromatic rings. The summed E-state index contributed by atoms with van der Waals surface area (Å²) in [6, 6.07) is 13.5. The Hall–Kier alpha value is -2.93. The van der Waals surface area contributed by atoms with Crippen LogP contribution < -0.4 is 0 Å². The number of carbonyl (C=O) groups is 2. The van der Waals surface area contributed by atoms with Gasteiger partial charge in [0.25, 0.3) is 0 Å².